The van der Waals surface area contributed by atoms with E-state index in [1.165, 1.54) is 17.4 Å². The number of ether oxygens (including phenoxy) is 1. The molecule has 0 aliphatic rings. The lowest BCUT2D eigenvalue weighted by Crippen LogP contribution is -2.06. The lowest BCUT2D eigenvalue weighted by atomic mass is 10.1. The highest BCUT2D eigenvalue weighted by Gasteiger charge is 2.10. The zero-order chi connectivity index (χ0) is 13.0. The number of halogens is 2. The summed E-state index contributed by atoms with van der Waals surface area (Å²) >= 11 is 7.25. The van der Waals surface area contributed by atoms with Crippen molar-refractivity contribution in [1.82, 2.24) is 0 Å². The number of nitrogens with two attached hydrogens (primary N) is 1. The third-order valence-corrected chi connectivity index (χ3v) is 3.65. The van der Waals surface area contributed by atoms with Crippen LogP contribution in [0.2, 0.25) is 4.34 Å². The molecule has 1 aromatic heterocycles. The van der Waals surface area contributed by atoms with E-state index in [0.717, 1.165) is 10.4 Å². The Morgan fingerprint density at radius 2 is 2.11 bits per heavy atom. The molecule has 1 aromatic carbocycles. The van der Waals surface area contributed by atoms with E-state index in [0.29, 0.717) is 23.9 Å². The molecule has 0 saturated carbocycles. The van der Waals surface area contributed by atoms with Crippen LogP contribution in [0.5, 0.6) is 5.75 Å². The Bertz CT molecular complexity index is 529. The standard InChI is InChI=1S/C13H13ClFNOS/c14-12-5-4-10(18-12)8-17-13-9(6-7-16)2-1-3-11(13)15/h1-5H,6-8,16H2. The van der Waals surface area contributed by atoms with E-state index in [-0.39, 0.29) is 11.6 Å². The second-order valence-corrected chi connectivity index (χ2v) is 5.56. The average molecular weight is 286 g/mol. The fourth-order valence-electron chi connectivity index (χ4n) is 1.64. The summed E-state index contributed by atoms with van der Waals surface area (Å²) in [6.45, 7) is 0.778. The van der Waals surface area contributed by atoms with Crippen molar-refractivity contribution in [2.75, 3.05) is 6.54 Å². The van der Waals surface area contributed by atoms with E-state index in [1.54, 1.807) is 12.1 Å². The largest absolute Gasteiger partial charge is 0.485 e. The highest BCUT2D eigenvalue weighted by molar-refractivity contribution is 7.16. The third-order valence-electron chi connectivity index (χ3n) is 2.45. The zero-order valence-corrected chi connectivity index (χ0v) is 11.2. The fraction of sp³-hybridized carbons (Fsp3) is 0.231. The number of hydrogen-bond donors (Lipinski definition) is 1. The van der Waals surface area contributed by atoms with Gasteiger partial charge in [0.05, 0.1) is 4.34 Å². The monoisotopic (exact) mass is 285 g/mol. The Balaban J connectivity index is 2.12. The van der Waals surface area contributed by atoms with Crippen LogP contribution in [-0.4, -0.2) is 6.54 Å². The molecule has 2 nitrogen and oxygen atoms in total. The highest BCUT2D eigenvalue weighted by atomic mass is 35.5. The highest BCUT2D eigenvalue weighted by Crippen LogP contribution is 2.26. The molecule has 2 aromatic rings. The molecule has 1 heterocycles. The molecule has 2 rings (SSSR count). The number of hydrogen-bond acceptors (Lipinski definition) is 3. The van der Waals surface area contributed by atoms with Crippen LogP contribution < -0.4 is 10.5 Å². The van der Waals surface area contributed by atoms with E-state index in [4.69, 9.17) is 22.1 Å². The minimum absolute atomic E-state index is 0.285. The first-order valence-corrected chi connectivity index (χ1v) is 6.74. The first kappa shape index (κ1) is 13.3. The summed E-state index contributed by atoms with van der Waals surface area (Å²) in [7, 11) is 0. The summed E-state index contributed by atoms with van der Waals surface area (Å²) in [5, 5.41) is 0. The summed E-state index contributed by atoms with van der Waals surface area (Å²) in [5.41, 5.74) is 6.29. The van der Waals surface area contributed by atoms with Gasteiger partial charge in [0, 0.05) is 4.88 Å². The van der Waals surface area contributed by atoms with Crippen molar-refractivity contribution >= 4 is 22.9 Å². The Hall–Kier alpha value is -1.10. The molecule has 96 valence electrons. The van der Waals surface area contributed by atoms with Gasteiger partial charge in [-0.2, -0.15) is 0 Å². The normalized spacial score (nSPS) is 10.6. The smallest absolute Gasteiger partial charge is 0.165 e. The molecule has 0 spiro atoms. The molecule has 18 heavy (non-hydrogen) atoms. The predicted octanol–water partition coefficient (Wildman–Crippen LogP) is 3.62. The van der Waals surface area contributed by atoms with Gasteiger partial charge in [-0.15, -0.1) is 11.3 Å². The lowest BCUT2D eigenvalue weighted by Gasteiger charge is -2.11. The maximum absolute atomic E-state index is 13.7. The topological polar surface area (TPSA) is 35.2 Å². The maximum atomic E-state index is 13.7. The molecular weight excluding hydrogens is 273 g/mol. The van der Waals surface area contributed by atoms with E-state index < -0.39 is 0 Å². The molecular formula is C13H13ClFNOS. The van der Waals surface area contributed by atoms with Crippen molar-refractivity contribution in [3.8, 4) is 5.75 Å². The van der Waals surface area contributed by atoms with Crippen LogP contribution in [0.15, 0.2) is 30.3 Å². The second kappa shape index (κ2) is 6.18. The van der Waals surface area contributed by atoms with Gasteiger partial charge in [0.2, 0.25) is 0 Å². The fourth-order valence-corrected chi connectivity index (χ4v) is 2.64. The zero-order valence-electron chi connectivity index (χ0n) is 9.66. The number of rotatable bonds is 5. The van der Waals surface area contributed by atoms with Gasteiger partial charge in [-0.05, 0) is 36.7 Å². The van der Waals surface area contributed by atoms with Crippen LogP contribution in [0.3, 0.4) is 0 Å². The van der Waals surface area contributed by atoms with Crippen molar-refractivity contribution in [1.29, 1.82) is 0 Å². The van der Waals surface area contributed by atoms with Crippen molar-refractivity contribution in [3.63, 3.8) is 0 Å². The van der Waals surface area contributed by atoms with E-state index >= 15 is 0 Å². The molecule has 0 bridgehead atoms. The Labute approximate surface area is 114 Å². The Morgan fingerprint density at radius 1 is 1.28 bits per heavy atom. The molecule has 0 atom stereocenters. The van der Waals surface area contributed by atoms with Gasteiger partial charge < -0.3 is 10.5 Å². The molecule has 0 aliphatic heterocycles. The SMILES string of the molecule is NCCc1cccc(F)c1OCc1ccc(Cl)s1. The first-order valence-electron chi connectivity index (χ1n) is 5.55. The van der Waals surface area contributed by atoms with Gasteiger partial charge >= 0.3 is 0 Å². The van der Waals surface area contributed by atoms with Gasteiger partial charge in [-0.1, -0.05) is 23.7 Å². The van der Waals surface area contributed by atoms with Crippen LogP contribution in [0, 0.1) is 5.82 Å². The number of para-hydroxylation sites is 1. The van der Waals surface area contributed by atoms with Gasteiger partial charge in [0.25, 0.3) is 0 Å². The summed E-state index contributed by atoms with van der Waals surface area (Å²) in [6, 6.07) is 8.54. The minimum Gasteiger partial charge on any atom is -0.485 e. The van der Waals surface area contributed by atoms with Crippen LogP contribution in [0.4, 0.5) is 4.39 Å². The summed E-state index contributed by atoms with van der Waals surface area (Å²) < 4.78 is 19.9. The van der Waals surface area contributed by atoms with E-state index in [2.05, 4.69) is 0 Å². The van der Waals surface area contributed by atoms with Gasteiger partial charge in [-0.3, -0.25) is 0 Å². The van der Waals surface area contributed by atoms with E-state index in [1.807, 2.05) is 12.1 Å². The predicted molar refractivity (Wildman–Crippen MR) is 72.8 cm³/mol. The van der Waals surface area contributed by atoms with E-state index in [9.17, 15) is 4.39 Å². The number of thiophene rings is 1. The summed E-state index contributed by atoms with van der Waals surface area (Å²) in [6.07, 6.45) is 0.596. The van der Waals surface area contributed by atoms with Crippen LogP contribution >= 0.6 is 22.9 Å². The molecule has 5 heteroatoms. The molecule has 0 radical (unpaired) electrons. The minimum atomic E-state index is -0.358. The van der Waals surface area contributed by atoms with Crippen LogP contribution in [0.1, 0.15) is 10.4 Å². The van der Waals surface area contributed by atoms with Crippen molar-refractivity contribution in [2.45, 2.75) is 13.0 Å². The maximum Gasteiger partial charge on any atom is 0.165 e. The first-order chi connectivity index (χ1) is 8.70. The molecule has 0 saturated heterocycles. The van der Waals surface area contributed by atoms with Gasteiger partial charge in [-0.25, -0.2) is 4.39 Å². The second-order valence-electron chi connectivity index (χ2n) is 3.76. The number of benzene rings is 1. The Kier molecular flexibility index (Phi) is 4.58. The molecule has 0 amide bonds. The molecule has 0 unspecified atom stereocenters. The summed E-state index contributed by atoms with van der Waals surface area (Å²) in [5.74, 6) is -0.0731. The lowest BCUT2D eigenvalue weighted by molar-refractivity contribution is 0.290. The summed E-state index contributed by atoms with van der Waals surface area (Å²) in [4.78, 5) is 0.960. The van der Waals surface area contributed by atoms with Gasteiger partial charge in [0.1, 0.15) is 6.61 Å². The average Bonchev–Trinajstić information content (AvgIpc) is 2.75. The van der Waals surface area contributed by atoms with Crippen LogP contribution in [0.25, 0.3) is 0 Å². The van der Waals surface area contributed by atoms with Crippen molar-refractivity contribution in [2.24, 2.45) is 5.73 Å². The Morgan fingerprint density at radius 3 is 2.78 bits per heavy atom. The van der Waals surface area contributed by atoms with Crippen molar-refractivity contribution in [3.05, 3.63) is 50.9 Å². The molecule has 0 fully saturated rings. The third kappa shape index (κ3) is 3.22. The van der Waals surface area contributed by atoms with Crippen molar-refractivity contribution < 1.29 is 9.13 Å². The van der Waals surface area contributed by atoms with Crippen LogP contribution in [-0.2, 0) is 13.0 Å². The van der Waals surface area contributed by atoms with Gasteiger partial charge in [0.15, 0.2) is 11.6 Å². The molecule has 0 aliphatic carbocycles. The quantitative estimate of drug-likeness (QED) is 0.911. The molecule has 2 N–H and O–H groups in total.